The summed E-state index contributed by atoms with van der Waals surface area (Å²) < 4.78 is 8.80. The largest absolute Gasteiger partial charge is 0.493 e. The maximum absolute atomic E-state index is 9.80. The van der Waals surface area contributed by atoms with Gasteiger partial charge in [-0.3, -0.25) is 9.58 Å². The number of hydrogen-bond acceptors (Lipinski definition) is 4. The molecule has 1 saturated heterocycles. The number of halogens is 1. The lowest BCUT2D eigenvalue weighted by molar-refractivity contribution is 0.213. The van der Waals surface area contributed by atoms with E-state index < -0.39 is 0 Å². The molecule has 0 radical (unpaired) electrons. The first kappa shape index (κ1) is 16.1. The molecule has 6 heteroatoms. The van der Waals surface area contributed by atoms with Crippen LogP contribution in [-0.4, -0.2) is 46.1 Å². The van der Waals surface area contributed by atoms with Gasteiger partial charge in [-0.15, -0.1) is 0 Å². The molecule has 4 rings (SSSR count). The minimum atomic E-state index is 0.211. The molecule has 2 aliphatic rings. The van der Waals surface area contributed by atoms with Crippen molar-refractivity contribution in [3.63, 3.8) is 0 Å². The molecule has 1 aromatic heterocycles. The number of nitrogens with zero attached hydrogens (tertiary/aromatic N) is 3. The molecule has 0 bridgehead atoms. The molecule has 0 aliphatic carbocycles. The van der Waals surface area contributed by atoms with E-state index in [-0.39, 0.29) is 12.5 Å². The van der Waals surface area contributed by atoms with E-state index in [0.717, 1.165) is 42.9 Å². The van der Waals surface area contributed by atoms with Crippen LogP contribution in [0.4, 0.5) is 0 Å². The maximum atomic E-state index is 9.80. The number of likely N-dealkylation sites (tertiary alicyclic amines) is 1. The fourth-order valence-electron chi connectivity index (χ4n) is 3.99. The van der Waals surface area contributed by atoms with E-state index in [1.165, 1.54) is 16.7 Å². The monoisotopic (exact) mass is 391 g/mol. The van der Waals surface area contributed by atoms with Crippen LogP contribution in [0.5, 0.6) is 5.75 Å². The molecule has 128 valence electrons. The molecule has 24 heavy (non-hydrogen) atoms. The first-order valence-electron chi connectivity index (χ1n) is 8.40. The highest BCUT2D eigenvalue weighted by molar-refractivity contribution is 9.10. The topological polar surface area (TPSA) is 50.5 Å². The van der Waals surface area contributed by atoms with E-state index in [9.17, 15) is 5.11 Å². The number of benzene rings is 1. The SMILES string of the molecule is Cn1cc([C@@H]2CN(Cc3cc(Br)cc4c3OCC4)C[C@H]2CO)cn1. The normalized spacial score (nSPS) is 23.5. The van der Waals surface area contributed by atoms with Gasteiger partial charge in [0.25, 0.3) is 0 Å². The fraction of sp³-hybridized carbons (Fsp3) is 0.500. The van der Waals surface area contributed by atoms with Crippen molar-refractivity contribution < 1.29 is 9.84 Å². The van der Waals surface area contributed by atoms with Gasteiger partial charge in [0.05, 0.1) is 12.8 Å². The standard InChI is InChI=1S/C18H22BrN3O2/c1-21-7-14(6-20-21)17-10-22(9-15(17)11-23)8-13-5-16(19)4-12-2-3-24-18(12)13/h4-7,15,17,23H,2-3,8-11H2,1H3/t15-,17-/m0/s1. The van der Waals surface area contributed by atoms with Crippen molar-refractivity contribution in [3.8, 4) is 5.75 Å². The summed E-state index contributed by atoms with van der Waals surface area (Å²) in [6.07, 6.45) is 4.98. The number of aliphatic hydroxyl groups is 1. The molecule has 1 aromatic carbocycles. The Balaban J connectivity index is 1.54. The Kier molecular flexibility index (Phi) is 4.37. The zero-order valence-electron chi connectivity index (χ0n) is 13.8. The van der Waals surface area contributed by atoms with Crippen LogP contribution in [0, 0.1) is 5.92 Å². The molecule has 0 spiro atoms. The molecule has 2 aliphatic heterocycles. The van der Waals surface area contributed by atoms with Crippen LogP contribution in [0.2, 0.25) is 0 Å². The van der Waals surface area contributed by atoms with Crippen molar-refractivity contribution in [3.05, 3.63) is 45.7 Å². The van der Waals surface area contributed by atoms with Gasteiger partial charge in [-0.2, -0.15) is 5.10 Å². The van der Waals surface area contributed by atoms with Gasteiger partial charge in [0.15, 0.2) is 0 Å². The minimum Gasteiger partial charge on any atom is -0.493 e. The van der Waals surface area contributed by atoms with Crippen molar-refractivity contribution in [2.75, 3.05) is 26.3 Å². The lowest BCUT2D eigenvalue weighted by Gasteiger charge is -2.18. The number of fused-ring (bicyclic) bond motifs is 1. The van der Waals surface area contributed by atoms with Crippen LogP contribution in [-0.2, 0) is 20.0 Å². The maximum Gasteiger partial charge on any atom is 0.127 e. The lowest BCUT2D eigenvalue weighted by Crippen LogP contribution is -2.21. The van der Waals surface area contributed by atoms with Crippen LogP contribution in [0.25, 0.3) is 0 Å². The van der Waals surface area contributed by atoms with Crippen molar-refractivity contribution in [1.82, 2.24) is 14.7 Å². The average molecular weight is 392 g/mol. The number of hydrogen-bond donors (Lipinski definition) is 1. The molecule has 0 unspecified atom stereocenters. The van der Waals surface area contributed by atoms with E-state index in [2.05, 4.69) is 44.3 Å². The number of aryl methyl sites for hydroxylation is 1. The Hall–Kier alpha value is -1.37. The van der Waals surface area contributed by atoms with E-state index in [1.54, 1.807) is 0 Å². The van der Waals surface area contributed by atoms with Gasteiger partial charge in [0.1, 0.15) is 5.75 Å². The predicted molar refractivity (Wildman–Crippen MR) is 95.1 cm³/mol. The second-order valence-corrected chi connectivity index (χ2v) is 7.76. The zero-order valence-corrected chi connectivity index (χ0v) is 15.4. The highest BCUT2D eigenvalue weighted by Gasteiger charge is 2.34. The molecular weight excluding hydrogens is 370 g/mol. The van der Waals surface area contributed by atoms with Gasteiger partial charge < -0.3 is 9.84 Å². The average Bonchev–Trinajstić information content (AvgIpc) is 3.25. The summed E-state index contributed by atoms with van der Waals surface area (Å²) in [5.41, 5.74) is 3.75. The Morgan fingerprint density at radius 2 is 2.25 bits per heavy atom. The van der Waals surface area contributed by atoms with Crippen LogP contribution in [0.3, 0.4) is 0 Å². The van der Waals surface area contributed by atoms with Crippen LogP contribution < -0.4 is 4.74 Å². The first-order valence-corrected chi connectivity index (χ1v) is 9.19. The summed E-state index contributed by atoms with van der Waals surface area (Å²) in [5, 5.41) is 14.1. The Labute approximate surface area is 150 Å². The molecular formula is C18H22BrN3O2. The highest BCUT2D eigenvalue weighted by atomic mass is 79.9. The van der Waals surface area contributed by atoms with Gasteiger partial charge in [-0.1, -0.05) is 15.9 Å². The van der Waals surface area contributed by atoms with Crippen molar-refractivity contribution in [2.45, 2.75) is 18.9 Å². The van der Waals surface area contributed by atoms with Gasteiger partial charge in [-0.25, -0.2) is 0 Å². The van der Waals surface area contributed by atoms with Crippen molar-refractivity contribution in [2.24, 2.45) is 13.0 Å². The zero-order chi connectivity index (χ0) is 16.7. The predicted octanol–water partition coefficient (Wildman–Crippen LogP) is 2.33. The third kappa shape index (κ3) is 2.98. The molecule has 1 N–H and O–H groups in total. The van der Waals surface area contributed by atoms with E-state index in [0.29, 0.717) is 5.92 Å². The summed E-state index contributed by atoms with van der Waals surface area (Å²) in [7, 11) is 1.94. The molecule has 5 nitrogen and oxygen atoms in total. The Bertz CT molecular complexity index is 746. The second kappa shape index (κ2) is 6.50. The van der Waals surface area contributed by atoms with Crippen LogP contribution >= 0.6 is 15.9 Å². The van der Waals surface area contributed by atoms with Gasteiger partial charge in [0, 0.05) is 67.8 Å². The van der Waals surface area contributed by atoms with Gasteiger partial charge >= 0.3 is 0 Å². The summed E-state index contributed by atoms with van der Waals surface area (Å²) in [6, 6.07) is 4.32. The highest BCUT2D eigenvalue weighted by Crippen LogP contribution is 2.37. The van der Waals surface area contributed by atoms with Crippen LogP contribution in [0.1, 0.15) is 22.6 Å². The van der Waals surface area contributed by atoms with E-state index in [4.69, 9.17) is 4.74 Å². The quantitative estimate of drug-likeness (QED) is 0.868. The summed E-state index contributed by atoms with van der Waals surface area (Å²) in [5.74, 6) is 1.66. The second-order valence-electron chi connectivity index (χ2n) is 6.84. The van der Waals surface area contributed by atoms with Crippen molar-refractivity contribution in [1.29, 1.82) is 0 Å². The Morgan fingerprint density at radius 3 is 3.00 bits per heavy atom. The van der Waals surface area contributed by atoms with Crippen molar-refractivity contribution >= 4 is 15.9 Å². The minimum absolute atomic E-state index is 0.211. The number of ether oxygens (including phenoxy) is 1. The molecule has 0 amide bonds. The van der Waals surface area contributed by atoms with Crippen LogP contribution in [0.15, 0.2) is 29.0 Å². The molecule has 2 aromatic rings. The first-order chi connectivity index (χ1) is 11.6. The van der Waals surface area contributed by atoms with Gasteiger partial charge in [-0.05, 0) is 23.3 Å². The number of aromatic nitrogens is 2. The van der Waals surface area contributed by atoms with E-state index in [1.807, 2.05) is 17.9 Å². The number of rotatable bonds is 4. The molecule has 1 fully saturated rings. The third-order valence-corrected chi connectivity index (χ3v) is 5.58. The van der Waals surface area contributed by atoms with E-state index >= 15 is 0 Å². The summed E-state index contributed by atoms with van der Waals surface area (Å²) in [4.78, 5) is 2.42. The number of aliphatic hydroxyl groups excluding tert-OH is 1. The molecule has 3 heterocycles. The van der Waals surface area contributed by atoms with Gasteiger partial charge in [0.2, 0.25) is 0 Å². The molecule has 0 saturated carbocycles. The smallest absolute Gasteiger partial charge is 0.127 e. The Morgan fingerprint density at radius 1 is 1.38 bits per heavy atom. The lowest BCUT2D eigenvalue weighted by atomic mass is 9.92. The molecule has 2 atom stereocenters. The fourth-order valence-corrected chi connectivity index (χ4v) is 4.54. The summed E-state index contributed by atoms with van der Waals surface area (Å²) in [6.45, 7) is 3.68. The third-order valence-electron chi connectivity index (χ3n) is 5.12. The summed E-state index contributed by atoms with van der Waals surface area (Å²) >= 11 is 3.62.